The Labute approximate surface area is 141 Å². The molecule has 0 radical (unpaired) electrons. The van der Waals surface area contributed by atoms with Gasteiger partial charge in [-0.05, 0) is 26.2 Å². The van der Waals surface area contributed by atoms with E-state index in [2.05, 4.69) is 4.98 Å². The molecular weight excluding hydrogens is 310 g/mol. The first-order chi connectivity index (χ1) is 10.8. The summed E-state index contributed by atoms with van der Waals surface area (Å²) in [6.07, 6.45) is 2.97. The molecule has 0 saturated carbocycles. The van der Waals surface area contributed by atoms with Gasteiger partial charge in [0, 0.05) is 18.5 Å². The Morgan fingerprint density at radius 3 is 2.35 bits per heavy atom. The van der Waals surface area contributed by atoms with Crippen molar-refractivity contribution in [3.05, 3.63) is 15.6 Å². The number of piperidine rings is 1. The average Bonchev–Trinajstić information content (AvgIpc) is 2.90. The lowest BCUT2D eigenvalue weighted by atomic mass is 9.98. The minimum absolute atomic E-state index is 0.160. The highest BCUT2D eigenvalue weighted by atomic mass is 32.1. The van der Waals surface area contributed by atoms with Gasteiger partial charge >= 0.3 is 0 Å². The third-order valence-electron chi connectivity index (χ3n) is 3.97. The topological polar surface area (TPSA) is 74.1 Å². The molecular formula is C17H23N3O2S. The van der Waals surface area contributed by atoms with Gasteiger partial charge in [-0.1, -0.05) is 20.8 Å². The van der Waals surface area contributed by atoms with Gasteiger partial charge in [0.25, 0.3) is 0 Å². The van der Waals surface area contributed by atoms with Crippen molar-refractivity contribution in [2.45, 2.75) is 52.4 Å². The average molecular weight is 333 g/mol. The number of carbonyl (C=O) groups is 2. The Morgan fingerprint density at radius 1 is 1.26 bits per heavy atom. The third kappa shape index (κ3) is 3.78. The number of aryl methyl sites for hydroxylation is 1. The van der Waals surface area contributed by atoms with Crippen molar-refractivity contribution < 1.29 is 9.59 Å². The Morgan fingerprint density at radius 2 is 1.87 bits per heavy atom. The number of aromatic nitrogens is 1. The lowest BCUT2D eigenvalue weighted by Crippen LogP contribution is -2.41. The van der Waals surface area contributed by atoms with Crippen molar-refractivity contribution in [1.82, 2.24) is 9.88 Å². The lowest BCUT2D eigenvalue weighted by molar-refractivity contribution is -0.133. The predicted molar refractivity (Wildman–Crippen MR) is 89.4 cm³/mol. The highest BCUT2D eigenvalue weighted by Crippen LogP contribution is 2.31. The summed E-state index contributed by atoms with van der Waals surface area (Å²) in [6, 6.07) is 1.91. The molecule has 1 atom stereocenters. The predicted octanol–water partition coefficient (Wildman–Crippen LogP) is 3.08. The molecule has 1 amide bonds. The Hall–Kier alpha value is -1.74. The van der Waals surface area contributed by atoms with Crippen molar-refractivity contribution in [2.75, 3.05) is 13.1 Å². The van der Waals surface area contributed by atoms with Crippen LogP contribution in [0.4, 0.5) is 0 Å². The SMILES string of the molecule is Cc1nc(C(C)(C)C)sc1C(=O)[C@H](C#N)C(=O)N1CCCCC1. The van der Waals surface area contributed by atoms with E-state index in [0.717, 1.165) is 24.3 Å². The Balaban J connectivity index is 2.25. The van der Waals surface area contributed by atoms with Crippen LogP contribution in [0.5, 0.6) is 0 Å². The molecule has 5 nitrogen and oxygen atoms in total. The number of ketones is 1. The number of hydrogen-bond acceptors (Lipinski definition) is 5. The van der Waals surface area contributed by atoms with Crippen molar-refractivity contribution in [1.29, 1.82) is 5.26 Å². The summed E-state index contributed by atoms with van der Waals surface area (Å²) in [4.78, 5) is 31.8. The van der Waals surface area contributed by atoms with E-state index >= 15 is 0 Å². The van der Waals surface area contributed by atoms with Gasteiger partial charge in [0.05, 0.1) is 21.6 Å². The second-order valence-corrected chi connectivity index (χ2v) is 7.99. The first kappa shape index (κ1) is 17.6. The van der Waals surface area contributed by atoms with Crippen LogP contribution in [0.15, 0.2) is 0 Å². The fourth-order valence-electron chi connectivity index (χ4n) is 2.60. The van der Waals surface area contributed by atoms with Gasteiger partial charge < -0.3 is 4.90 Å². The minimum Gasteiger partial charge on any atom is -0.341 e. The number of nitriles is 1. The normalized spacial score (nSPS) is 16.7. The number of amides is 1. The first-order valence-corrected chi connectivity index (χ1v) is 8.78. The van der Waals surface area contributed by atoms with Crippen LogP contribution in [0, 0.1) is 24.2 Å². The molecule has 1 saturated heterocycles. The summed E-state index contributed by atoms with van der Waals surface area (Å²) in [5.74, 6) is -2.02. The number of carbonyl (C=O) groups excluding carboxylic acids is 2. The third-order valence-corrected chi connectivity index (χ3v) is 5.57. The fourth-order valence-corrected chi connectivity index (χ4v) is 3.69. The van der Waals surface area contributed by atoms with Crippen LogP contribution in [0.3, 0.4) is 0 Å². The molecule has 2 rings (SSSR count). The second-order valence-electron chi connectivity index (χ2n) is 7.00. The largest absolute Gasteiger partial charge is 0.341 e. The van der Waals surface area contributed by atoms with E-state index in [4.69, 9.17) is 0 Å². The zero-order chi connectivity index (χ0) is 17.2. The number of thiazole rings is 1. The van der Waals surface area contributed by atoms with Crippen LogP contribution in [-0.2, 0) is 10.2 Å². The minimum atomic E-state index is -1.25. The molecule has 0 N–H and O–H groups in total. The van der Waals surface area contributed by atoms with Crippen molar-refractivity contribution in [3.8, 4) is 6.07 Å². The molecule has 0 bridgehead atoms. The van der Waals surface area contributed by atoms with Crippen LogP contribution in [0.2, 0.25) is 0 Å². The summed E-state index contributed by atoms with van der Waals surface area (Å²) in [7, 11) is 0. The maximum Gasteiger partial charge on any atom is 0.247 e. The van der Waals surface area contributed by atoms with Gasteiger partial charge in [-0.25, -0.2) is 4.98 Å². The van der Waals surface area contributed by atoms with Crippen LogP contribution < -0.4 is 0 Å². The summed E-state index contributed by atoms with van der Waals surface area (Å²) in [5, 5.41) is 10.2. The van der Waals surface area contributed by atoms with Gasteiger partial charge in [0.2, 0.25) is 11.7 Å². The molecule has 1 fully saturated rings. The molecule has 0 aromatic carbocycles. The van der Waals surface area contributed by atoms with Crippen molar-refractivity contribution in [3.63, 3.8) is 0 Å². The van der Waals surface area contributed by atoms with Crippen molar-refractivity contribution in [2.24, 2.45) is 5.92 Å². The van der Waals surface area contributed by atoms with E-state index in [-0.39, 0.29) is 11.3 Å². The highest BCUT2D eigenvalue weighted by Gasteiger charge is 2.35. The molecule has 0 spiro atoms. The molecule has 23 heavy (non-hydrogen) atoms. The molecule has 1 aromatic rings. The summed E-state index contributed by atoms with van der Waals surface area (Å²) < 4.78 is 0. The number of nitrogens with zero attached hydrogens (tertiary/aromatic N) is 3. The summed E-state index contributed by atoms with van der Waals surface area (Å²) in [5.41, 5.74) is 0.448. The summed E-state index contributed by atoms with van der Waals surface area (Å²) in [6.45, 7) is 9.12. The maximum atomic E-state index is 12.7. The van der Waals surface area contributed by atoms with Gasteiger partial charge in [-0.15, -0.1) is 11.3 Å². The van der Waals surface area contributed by atoms with Gasteiger partial charge in [0.15, 0.2) is 5.92 Å². The number of hydrogen-bond donors (Lipinski definition) is 0. The standard InChI is InChI=1S/C17H23N3O2S/c1-11-14(23-16(19-11)17(2,3)4)13(21)12(10-18)15(22)20-8-6-5-7-9-20/h12H,5-9H2,1-4H3/t12-/m0/s1. The van der Waals surface area contributed by atoms with Crippen LogP contribution in [0.1, 0.15) is 60.4 Å². The summed E-state index contributed by atoms with van der Waals surface area (Å²) >= 11 is 1.30. The first-order valence-electron chi connectivity index (χ1n) is 7.96. The van der Waals surface area contributed by atoms with Gasteiger partial charge in [-0.3, -0.25) is 9.59 Å². The molecule has 1 aliphatic rings. The van der Waals surface area contributed by atoms with E-state index in [1.807, 2.05) is 26.8 Å². The Bertz CT molecular complexity index is 646. The zero-order valence-corrected chi connectivity index (χ0v) is 15.0. The van der Waals surface area contributed by atoms with Crippen LogP contribution >= 0.6 is 11.3 Å². The number of rotatable bonds is 3. The van der Waals surface area contributed by atoms with E-state index < -0.39 is 11.7 Å². The van der Waals surface area contributed by atoms with Crippen LogP contribution in [0.25, 0.3) is 0 Å². The number of likely N-dealkylation sites (tertiary alicyclic amines) is 1. The van der Waals surface area contributed by atoms with E-state index in [0.29, 0.717) is 23.7 Å². The monoisotopic (exact) mass is 333 g/mol. The quantitative estimate of drug-likeness (QED) is 0.629. The molecule has 1 aliphatic heterocycles. The molecule has 0 unspecified atom stereocenters. The van der Waals surface area contributed by atoms with E-state index in [1.54, 1.807) is 11.8 Å². The molecule has 0 aliphatic carbocycles. The van der Waals surface area contributed by atoms with Crippen LogP contribution in [-0.4, -0.2) is 34.7 Å². The lowest BCUT2D eigenvalue weighted by Gasteiger charge is -2.27. The van der Waals surface area contributed by atoms with E-state index in [9.17, 15) is 14.9 Å². The van der Waals surface area contributed by atoms with Gasteiger partial charge in [0.1, 0.15) is 0 Å². The Kier molecular flexibility index (Phi) is 5.20. The molecule has 124 valence electrons. The van der Waals surface area contributed by atoms with E-state index in [1.165, 1.54) is 11.3 Å². The maximum absolute atomic E-state index is 12.7. The smallest absolute Gasteiger partial charge is 0.247 e. The number of Topliss-reactive ketones (excluding diaryl/α,β-unsaturated/α-hetero) is 1. The highest BCUT2D eigenvalue weighted by molar-refractivity contribution is 7.14. The van der Waals surface area contributed by atoms with Gasteiger partial charge in [-0.2, -0.15) is 5.26 Å². The molecule has 6 heteroatoms. The van der Waals surface area contributed by atoms with Crippen molar-refractivity contribution >= 4 is 23.0 Å². The molecule has 2 heterocycles. The zero-order valence-electron chi connectivity index (χ0n) is 14.2. The fraction of sp³-hybridized carbons (Fsp3) is 0.647. The molecule has 1 aromatic heterocycles. The second kappa shape index (κ2) is 6.79.